The minimum Gasteiger partial charge on any atom is -0.426 e. The molecule has 0 amide bonds. The normalized spacial score (nSPS) is 10.9. The zero-order valence-electron chi connectivity index (χ0n) is 13.0. The number of carbonyl (C=O) groups excluding carboxylic acids is 2. The van der Waals surface area contributed by atoms with E-state index in [2.05, 4.69) is 5.10 Å². The lowest BCUT2D eigenvalue weighted by Crippen LogP contribution is -2.13. The van der Waals surface area contributed by atoms with Crippen molar-refractivity contribution >= 4 is 11.8 Å². The Labute approximate surface area is 131 Å². The van der Waals surface area contributed by atoms with Crippen molar-refractivity contribution in [2.75, 3.05) is 0 Å². The SMILES string of the molecule is CC(=O)c1cccc(OC(=O)Cc2c(C)nn(C(F)F)c2C)c1. The van der Waals surface area contributed by atoms with Gasteiger partial charge in [-0.25, -0.2) is 4.68 Å². The molecule has 2 aromatic rings. The molecule has 0 unspecified atom stereocenters. The molecule has 0 fully saturated rings. The maximum Gasteiger partial charge on any atom is 0.333 e. The zero-order valence-corrected chi connectivity index (χ0v) is 13.0. The fourth-order valence-corrected chi connectivity index (χ4v) is 2.23. The maximum absolute atomic E-state index is 12.8. The fourth-order valence-electron chi connectivity index (χ4n) is 2.23. The second-order valence-electron chi connectivity index (χ2n) is 5.11. The number of aromatic nitrogens is 2. The molecule has 5 nitrogen and oxygen atoms in total. The molecule has 122 valence electrons. The highest BCUT2D eigenvalue weighted by atomic mass is 19.3. The summed E-state index contributed by atoms with van der Waals surface area (Å²) in [7, 11) is 0. The third-order valence-electron chi connectivity index (χ3n) is 3.45. The molecule has 0 saturated heterocycles. The summed E-state index contributed by atoms with van der Waals surface area (Å²) in [4.78, 5) is 23.3. The van der Waals surface area contributed by atoms with Crippen LogP contribution in [0.3, 0.4) is 0 Å². The smallest absolute Gasteiger partial charge is 0.333 e. The Hall–Kier alpha value is -2.57. The molecule has 1 aromatic heterocycles. The van der Waals surface area contributed by atoms with Crippen molar-refractivity contribution in [3.05, 3.63) is 46.8 Å². The quantitative estimate of drug-likeness (QED) is 0.482. The van der Waals surface area contributed by atoms with Crippen molar-refractivity contribution in [1.82, 2.24) is 9.78 Å². The number of alkyl halides is 2. The van der Waals surface area contributed by atoms with Gasteiger partial charge in [-0.1, -0.05) is 12.1 Å². The van der Waals surface area contributed by atoms with E-state index in [1.807, 2.05) is 0 Å². The summed E-state index contributed by atoms with van der Waals surface area (Å²) >= 11 is 0. The van der Waals surface area contributed by atoms with Gasteiger partial charge in [0.25, 0.3) is 0 Å². The summed E-state index contributed by atoms with van der Waals surface area (Å²) in [5.41, 5.74) is 1.43. The average molecular weight is 322 g/mol. The Balaban J connectivity index is 2.14. The third kappa shape index (κ3) is 3.80. The number of Topliss-reactive ketones (excluding diaryl/α,β-unsaturated/α-hetero) is 1. The number of aryl methyl sites for hydroxylation is 1. The number of carbonyl (C=O) groups is 2. The standard InChI is InChI=1S/C16H16F2N2O3/c1-9-14(10(2)20(19-9)16(17)18)8-15(22)23-13-6-4-5-12(7-13)11(3)21/h4-7,16H,8H2,1-3H3. The fraction of sp³-hybridized carbons (Fsp3) is 0.312. The van der Waals surface area contributed by atoms with Crippen LogP contribution in [0, 0.1) is 13.8 Å². The Bertz CT molecular complexity index is 754. The Kier molecular flexibility index (Phi) is 4.88. The molecule has 0 N–H and O–H groups in total. The first-order chi connectivity index (χ1) is 10.8. The van der Waals surface area contributed by atoms with Crippen molar-refractivity contribution in [3.63, 3.8) is 0 Å². The molecule has 1 heterocycles. The predicted octanol–water partition coefficient (Wildman–Crippen LogP) is 3.25. The van der Waals surface area contributed by atoms with Crippen LogP contribution in [0.25, 0.3) is 0 Å². The first kappa shape index (κ1) is 16.8. The highest BCUT2D eigenvalue weighted by Crippen LogP contribution is 2.21. The van der Waals surface area contributed by atoms with Crippen LogP contribution < -0.4 is 4.74 Å². The van der Waals surface area contributed by atoms with E-state index < -0.39 is 12.5 Å². The number of esters is 1. The summed E-state index contributed by atoms with van der Waals surface area (Å²) < 4.78 is 31.3. The van der Waals surface area contributed by atoms with Gasteiger partial charge >= 0.3 is 12.5 Å². The topological polar surface area (TPSA) is 61.2 Å². The molecule has 0 atom stereocenters. The van der Waals surface area contributed by atoms with Crippen LogP contribution >= 0.6 is 0 Å². The van der Waals surface area contributed by atoms with Crippen LogP contribution in [0.4, 0.5) is 8.78 Å². The molecular weight excluding hydrogens is 306 g/mol. The number of hydrogen-bond donors (Lipinski definition) is 0. The molecule has 1 aromatic carbocycles. The van der Waals surface area contributed by atoms with Gasteiger partial charge in [0.05, 0.1) is 12.1 Å². The molecular formula is C16H16F2N2O3. The van der Waals surface area contributed by atoms with E-state index in [0.29, 0.717) is 21.5 Å². The van der Waals surface area contributed by atoms with E-state index in [1.54, 1.807) is 25.1 Å². The Morgan fingerprint density at radius 2 is 2.00 bits per heavy atom. The largest absolute Gasteiger partial charge is 0.426 e. The van der Waals surface area contributed by atoms with Crippen LogP contribution in [0.5, 0.6) is 5.75 Å². The van der Waals surface area contributed by atoms with Crippen LogP contribution in [0.2, 0.25) is 0 Å². The summed E-state index contributed by atoms with van der Waals surface area (Å²) in [6.07, 6.45) is -0.172. The van der Waals surface area contributed by atoms with Gasteiger partial charge in [-0.3, -0.25) is 9.59 Å². The average Bonchev–Trinajstić information content (AvgIpc) is 2.75. The highest BCUT2D eigenvalue weighted by Gasteiger charge is 2.20. The molecule has 0 aliphatic rings. The van der Waals surface area contributed by atoms with Gasteiger partial charge in [-0.05, 0) is 32.9 Å². The van der Waals surface area contributed by atoms with Crippen LogP contribution in [-0.4, -0.2) is 21.5 Å². The number of ether oxygens (including phenoxy) is 1. The first-order valence-electron chi connectivity index (χ1n) is 6.94. The van der Waals surface area contributed by atoms with Crippen LogP contribution in [-0.2, 0) is 11.2 Å². The second-order valence-corrected chi connectivity index (χ2v) is 5.11. The molecule has 0 radical (unpaired) electrons. The summed E-state index contributed by atoms with van der Waals surface area (Å²) in [6.45, 7) is 1.69. The van der Waals surface area contributed by atoms with E-state index in [0.717, 1.165) is 0 Å². The lowest BCUT2D eigenvalue weighted by molar-refractivity contribution is -0.133. The van der Waals surface area contributed by atoms with Crippen molar-refractivity contribution < 1.29 is 23.1 Å². The minimum atomic E-state index is -2.76. The summed E-state index contributed by atoms with van der Waals surface area (Å²) in [6, 6.07) is 6.22. The van der Waals surface area contributed by atoms with Crippen LogP contribution in [0.15, 0.2) is 24.3 Å². The van der Waals surface area contributed by atoms with Crippen molar-refractivity contribution in [2.45, 2.75) is 33.7 Å². The number of halogens is 2. The van der Waals surface area contributed by atoms with E-state index in [4.69, 9.17) is 4.74 Å². The maximum atomic E-state index is 12.8. The number of rotatable bonds is 5. The summed E-state index contributed by atoms with van der Waals surface area (Å²) in [5.74, 6) is -0.516. The molecule has 0 saturated carbocycles. The lowest BCUT2D eigenvalue weighted by atomic mass is 10.1. The lowest BCUT2D eigenvalue weighted by Gasteiger charge is -2.06. The number of benzene rings is 1. The van der Waals surface area contributed by atoms with Gasteiger partial charge in [0, 0.05) is 16.8 Å². The molecule has 7 heteroatoms. The van der Waals surface area contributed by atoms with Crippen molar-refractivity contribution in [3.8, 4) is 5.75 Å². The number of nitrogens with zero attached hydrogens (tertiary/aromatic N) is 2. The minimum absolute atomic E-state index is 0.146. The molecule has 23 heavy (non-hydrogen) atoms. The predicted molar refractivity (Wildman–Crippen MR) is 78.7 cm³/mol. The van der Waals surface area contributed by atoms with E-state index in [9.17, 15) is 18.4 Å². The van der Waals surface area contributed by atoms with Crippen LogP contribution in [0.1, 0.15) is 40.8 Å². The molecule has 0 bridgehead atoms. The van der Waals surface area contributed by atoms with E-state index in [1.165, 1.54) is 19.9 Å². The van der Waals surface area contributed by atoms with Gasteiger partial charge in [-0.2, -0.15) is 13.9 Å². The molecule has 0 spiro atoms. The van der Waals surface area contributed by atoms with Gasteiger partial charge in [0.1, 0.15) is 5.75 Å². The number of ketones is 1. The zero-order chi connectivity index (χ0) is 17.1. The summed E-state index contributed by atoms with van der Waals surface area (Å²) in [5, 5.41) is 3.72. The van der Waals surface area contributed by atoms with Gasteiger partial charge in [0.2, 0.25) is 0 Å². The number of hydrogen-bond acceptors (Lipinski definition) is 4. The Morgan fingerprint density at radius 1 is 1.30 bits per heavy atom. The third-order valence-corrected chi connectivity index (χ3v) is 3.45. The molecule has 0 aliphatic carbocycles. The van der Waals surface area contributed by atoms with Crippen molar-refractivity contribution in [1.29, 1.82) is 0 Å². The monoisotopic (exact) mass is 322 g/mol. The highest BCUT2D eigenvalue weighted by molar-refractivity contribution is 5.94. The van der Waals surface area contributed by atoms with E-state index in [-0.39, 0.29) is 23.6 Å². The Morgan fingerprint density at radius 3 is 2.57 bits per heavy atom. The molecule has 2 rings (SSSR count). The van der Waals surface area contributed by atoms with Crippen molar-refractivity contribution in [2.24, 2.45) is 0 Å². The van der Waals surface area contributed by atoms with Gasteiger partial charge in [-0.15, -0.1) is 0 Å². The van der Waals surface area contributed by atoms with E-state index >= 15 is 0 Å². The van der Waals surface area contributed by atoms with Gasteiger partial charge < -0.3 is 4.74 Å². The van der Waals surface area contributed by atoms with Gasteiger partial charge in [0.15, 0.2) is 5.78 Å². The first-order valence-corrected chi connectivity index (χ1v) is 6.94. The molecule has 0 aliphatic heterocycles. The second kappa shape index (κ2) is 6.68.